The van der Waals surface area contributed by atoms with Crippen LogP contribution in [-0.2, 0) is 7.05 Å². The Morgan fingerprint density at radius 3 is 2.73 bits per heavy atom. The molecule has 150 valence electrons. The van der Waals surface area contributed by atoms with E-state index in [1.165, 1.54) is 4.57 Å². The third-order valence-corrected chi connectivity index (χ3v) is 5.44. The third-order valence-electron chi connectivity index (χ3n) is 5.44. The second-order valence-electron chi connectivity index (χ2n) is 7.18. The molecular weight excluding hydrogens is 384 g/mol. The molecule has 30 heavy (non-hydrogen) atoms. The Kier molecular flexibility index (Phi) is 4.06. The molecule has 3 N–H and O–H groups in total. The predicted octanol–water partition coefficient (Wildman–Crippen LogP) is 3.04. The van der Waals surface area contributed by atoms with Crippen molar-refractivity contribution in [3.8, 4) is 22.8 Å². The molecule has 1 aliphatic rings. The molecule has 8 nitrogen and oxygen atoms in total. The van der Waals surface area contributed by atoms with E-state index in [2.05, 4.69) is 15.7 Å². The highest BCUT2D eigenvalue weighted by molar-refractivity contribution is 6.07. The molecule has 4 aromatic rings. The number of pyridine rings is 1. The van der Waals surface area contributed by atoms with Gasteiger partial charge in [-0.2, -0.15) is 5.10 Å². The standard InChI is InChI=1S/C22H18N4O4/c1-26-17-8-4-2-6-12(17)20(28)19(22(26)29)16-10-15(24-25-16)14-11-23-30-21(14)13-7-3-5-9-18(13)27/h2-9,11,15,24,27-28H,10H2,1H3. The topological polar surface area (TPSA) is 113 Å². The number of hydrazone groups is 1. The lowest BCUT2D eigenvalue weighted by molar-refractivity contribution is 0.424. The summed E-state index contributed by atoms with van der Waals surface area (Å²) in [5, 5.41) is 29.8. The van der Waals surface area contributed by atoms with Crippen LogP contribution < -0.4 is 11.0 Å². The summed E-state index contributed by atoms with van der Waals surface area (Å²) < 4.78 is 6.90. The summed E-state index contributed by atoms with van der Waals surface area (Å²) in [7, 11) is 1.67. The van der Waals surface area contributed by atoms with E-state index in [1.807, 2.05) is 12.1 Å². The quantitative estimate of drug-likeness (QED) is 0.485. The number of hydrogen-bond acceptors (Lipinski definition) is 7. The number of phenolic OH excluding ortho intramolecular Hbond substituents is 1. The van der Waals surface area contributed by atoms with Gasteiger partial charge in [-0.3, -0.25) is 4.79 Å². The van der Waals surface area contributed by atoms with Crippen LogP contribution >= 0.6 is 0 Å². The summed E-state index contributed by atoms with van der Waals surface area (Å²) in [5.41, 5.74) is 5.18. The summed E-state index contributed by atoms with van der Waals surface area (Å²) in [6, 6.07) is 13.7. The Labute approximate surface area is 170 Å². The number of nitrogens with zero attached hydrogens (tertiary/aromatic N) is 3. The van der Waals surface area contributed by atoms with E-state index in [0.717, 1.165) is 0 Å². The van der Waals surface area contributed by atoms with E-state index in [-0.39, 0.29) is 28.7 Å². The molecule has 5 rings (SSSR count). The fraction of sp³-hybridized carbons (Fsp3) is 0.136. The van der Waals surface area contributed by atoms with Gasteiger partial charge in [0.1, 0.15) is 17.1 Å². The SMILES string of the molecule is Cn1c(=O)c(C2=NNC(c3cnoc3-c3ccccc3O)C2)c(O)c2ccccc21. The van der Waals surface area contributed by atoms with E-state index in [9.17, 15) is 15.0 Å². The molecule has 0 fully saturated rings. The van der Waals surface area contributed by atoms with Crippen LogP contribution in [0, 0.1) is 0 Å². The number of aromatic hydroxyl groups is 2. The fourth-order valence-corrected chi connectivity index (χ4v) is 3.88. The van der Waals surface area contributed by atoms with Gasteiger partial charge < -0.3 is 24.7 Å². The summed E-state index contributed by atoms with van der Waals surface area (Å²) in [6.45, 7) is 0. The Morgan fingerprint density at radius 1 is 1.13 bits per heavy atom. The zero-order valence-electron chi connectivity index (χ0n) is 16.0. The Morgan fingerprint density at radius 2 is 1.90 bits per heavy atom. The van der Waals surface area contributed by atoms with Crippen molar-refractivity contribution in [2.75, 3.05) is 0 Å². The minimum absolute atomic E-state index is 0.0793. The van der Waals surface area contributed by atoms with Crippen molar-refractivity contribution in [1.29, 1.82) is 0 Å². The molecule has 0 bridgehead atoms. The predicted molar refractivity (Wildman–Crippen MR) is 111 cm³/mol. The van der Waals surface area contributed by atoms with Crippen LogP contribution in [0.2, 0.25) is 0 Å². The second-order valence-corrected chi connectivity index (χ2v) is 7.18. The van der Waals surface area contributed by atoms with E-state index < -0.39 is 0 Å². The van der Waals surface area contributed by atoms with Gasteiger partial charge in [-0.1, -0.05) is 29.4 Å². The first-order valence-corrected chi connectivity index (χ1v) is 9.42. The van der Waals surface area contributed by atoms with Crippen LogP contribution in [0.5, 0.6) is 11.5 Å². The van der Waals surface area contributed by atoms with E-state index in [4.69, 9.17) is 4.52 Å². The van der Waals surface area contributed by atoms with E-state index >= 15 is 0 Å². The van der Waals surface area contributed by atoms with Gasteiger partial charge in [0.15, 0.2) is 5.76 Å². The van der Waals surface area contributed by atoms with Crippen LogP contribution in [0.15, 0.2) is 69.1 Å². The van der Waals surface area contributed by atoms with Crippen molar-refractivity contribution in [2.45, 2.75) is 12.5 Å². The van der Waals surface area contributed by atoms with E-state index in [1.54, 1.807) is 49.6 Å². The number of phenols is 1. The average molecular weight is 402 g/mol. The maximum atomic E-state index is 12.9. The van der Waals surface area contributed by atoms with Gasteiger partial charge in [0.2, 0.25) is 0 Å². The van der Waals surface area contributed by atoms with Gasteiger partial charge in [-0.05, 0) is 24.3 Å². The number of nitrogens with one attached hydrogen (secondary N) is 1. The Balaban J connectivity index is 1.54. The van der Waals surface area contributed by atoms with Crippen molar-refractivity contribution in [1.82, 2.24) is 15.1 Å². The van der Waals surface area contributed by atoms with Gasteiger partial charge in [0.05, 0.1) is 29.0 Å². The first-order valence-electron chi connectivity index (χ1n) is 9.42. The molecule has 2 aromatic carbocycles. The van der Waals surface area contributed by atoms with Crippen molar-refractivity contribution in [3.05, 3.63) is 76.2 Å². The third kappa shape index (κ3) is 2.65. The molecule has 0 aliphatic carbocycles. The molecule has 1 atom stereocenters. The van der Waals surface area contributed by atoms with Crippen LogP contribution in [-0.4, -0.2) is 25.6 Å². The number of rotatable bonds is 3. The van der Waals surface area contributed by atoms with Gasteiger partial charge in [-0.25, -0.2) is 0 Å². The van der Waals surface area contributed by atoms with Crippen molar-refractivity contribution < 1.29 is 14.7 Å². The summed E-state index contributed by atoms with van der Waals surface area (Å²) >= 11 is 0. The molecule has 2 aromatic heterocycles. The highest BCUT2D eigenvalue weighted by atomic mass is 16.5. The molecule has 0 saturated heterocycles. The number of benzene rings is 2. The molecular formula is C22H18N4O4. The zero-order chi connectivity index (χ0) is 20.8. The molecule has 0 saturated carbocycles. The van der Waals surface area contributed by atoms with E-state index in [0.29, 0.717) is 39.9 Å². The lowest BCUT2D eigenvalue weighted by Gasteiger charge is -2.12. The van der Waals surface area contributed by atoms with Crippen molar-refractivity contribution in [3.63, 3.8) is 0 Å². The molecule has 0 amide bonds. The van der Waals surface area contributed by atoms with Crippen LogP contribution in [0.1, 0.15) is 23.6 Å². The second kappa shape index (κ2) is 6.77. The lowest BCUT2D eigenvalue weighted by atomic mass is 9.96. The first-order chi connectivity index (χ1) is 14.6. The fourth-order valence-electron chi connectivity index (χ4n) is 3.88. The number of hydrogen-bond donors (Lipinski definition) is 3. The smallest absolute Gasteiger partial charge is 0.263 e. The molecule has 3 heterocycles. The molecule has 0 radical (unpaired) electrons. The molecule has 1 unspecified atom stereocenters. The number of aryl methyl sites for hydroxylation is 1. The summed E-state index contributed by atoms with van der Waals surface area (Å²) in [4.78, 5) is 12.9. The normalized spacial score (nSPS) is 15.9. The first kappa shape index (κ1) is 18.0. The monoisotopic (exact) mass is 402 g/mol. The minimum Gasteiger partial charge on any atom is -0.507 e. The highest BCUT2D eigenvalue weighted by Gasteiger charge is 2.30. The Hall–Kier alpha value is -4.07. The molecule has 1 aliphatic heterocycles. The molecule has 0 spiro atoms. The highest BCUT2D eigenvalue weighted by Crippen LogP contribution is 2.37. The maximum absolute atomic E-state index is 12.9. The van der Waals surface area contributed by atoms with Gasteiger partial charge in [-0.15, -0.1) is 0 Å². The lowest BCUT2D eigenvalue weighted by Crippen LogP contribution is -2.24. The van der Waals surface area contributed by atoms with Gasteiger partial charge >= 0.3 is 0 Å². The minimum atomic E-state index is -0.323. The van der Waals surface area contributed by atoms with Gasteiger partial charge in [0.25, 0.3) is 5.56 Å². The van der Waals surface area contributed by atoms with Gasteiger partial charge in [0, 0.05) is 24.4 Å². The maximum Gasteiger partial charge on any atom is 0.263 e. The molecule has 8 heteroatoms. The number of fused-ring (bicyclic) bond motifs is 1. The van der Waals surface area contributed by atoms with Crippen LogP contribution in [0.4, 0.5) is 0 Å². The zero-order valence-corrected chi connectivity index (χ0v) is 16.0. The van der Waals surface area contributed by atoms with Crippen LogP contribution in [0.3, 0.4) is 0 Å². The number of aromatic nitrogens is 2. The number of para-hydroxylation sites is 2. The summed E-state index contributed by atoms with van der Waals surface area (Å²) in [6.07, 6.45) is 1.92. The van der Waals surface area contributed by atoms with Crippen molar-refractivity contribution in [2.24, 2.45) is 12.1 Å². The largest absolute Gasteiger partial charge is 0.507 e. The summed E-state index contributed by atoms with van der Waals surface area (Å²) in [5.74, 6) is 0.425. The van der Waals surface area contributed by atoms with Crippen LogP contribution in [0.25, 0.3) is 22.2 Å². The van der Waals surface area contributed by atoms with Crippen molar-refractivity contribution >= 4 is 16.6 Å². The average Bonchev–Trinajstić information content (AvgIpc) is 3.42. The Bertz CT molecular complexity index is 1370.